The molecule has 1 atom stereocenters. The van der Waals surface area contributed by atoms with Gasteiger partial charge in [-0.15, -0.1) is 0 Å². The Kier molecular flexibility index (Phi) is 4.80. The van der Waals surface area contributed by atoms with Gasteiger partial charge in [0.05, 0.1) is 17.9 Å². The zero-order chi connectivity index (χ0) is 20.5. The Morgan fingerprint density at radius 3 is 2.47 bits per heavy atom. The van der Waals surface area contributed by atoms with Gasteiger partial charge in [-0.05, 0) is 24.6 Å². The van der Waals surface area contributed by atoms with Gasteiger partial charge in [-0.1, -0.05) is 42.5 Å². The van der Waals surface area contributed by atoms with Gasteiger partial charge >= 0.3 is 5.69 Å². The van der Waals surface area contributed by atoms with Gasteiger partial charge in [0, 0.05) is 37.4 Å². The number of aromatic amines is 1. The van der Waals surface area contributed by atoms with E-state index in [0.717, 1.165) is 43.0 Å². The zero-order valence-electron chi connectivity index (χ0n) is 16.9. The van der Waals surface area contributed by atoms with Crippen LogP contribution in [0.15, 0.2) is 65.6 Å². The molecular weight excluding hydrogens is 376 g/mol. The van der Waals surface area contributed by atoms with E-state index in [1.54, 1.807) is 10.8 Å². The Balaban J connectivity index is 1.46. The minimum atomic E-state index is -0.201. The quantitative estimate of drug-likeness (QED) is 0.551. The zero-order valence-corrected chi connectivity index (χ0v) is 16.9. The van der Waals surface area contributed by atoms with Crippen LogP contribution >= 0.6 is 0 Å². The van der Waals surface area contributed by atoms with Gasteiger partial charge in [0.2, 0.25) is 0 Å². The molecule has 2 aromatic heterocycles. The SMILES string of the molecule is C[C@@H](c1ccccc1)n1c(=O)[nH]c2nc(-c3ccc(N4CCNCC4)cc3)cnc21. The molecule has 7 heteroatoms. The lowest BCUT2D eigenvalue weighted by atomic mass is 10.1. The Morgan fingerprint density at radius 1 is 1.00 bits per heavy atom. The van der Waals surface area contributed by atoms with Crippen molar-refractivity contribution in [1.82, 2.24) is 24.8 Å². The minimum Gasteiger partial charge on any atom is -0.369 e. The van der Waals surface area contributed by atoms with Crippen LogP contribution in [0.2, 0.25) is 0 Å². The van der Waals surface area contributed by atoms with Gasteiger partial charge in [0.15, 0.2) is 11.3 Å². The summed E-state index contributed by atoms with van der Waals surface area (Å²) in [6.45, 7) is 6.04. The molecule has 0 unspecified atom stereocenters. The number of rotatable bonds is 4. The largest absolute Gasteiger partial charge is 0.369 e. The molecule has 3 heterocycles. The Labute approximate surface area is 174 Å². The Bertz CT molecular complexity index is 1210. The second-order valence-corrected chi connectivity index (χ2v) is 7.60. The van der Waals surface area contributed by atoms with Crippen molar-refractivity contribution in [3.63, 3.8) is 0 Å². The molecule has 0 radical (unpaired) electrons. The van der Waals surface area contributed by atoms with Crippen LogP contribution in [0.1, 0.15) is 18.5 Å². The first-order chi connectivity index (χ1) is 14.7. The third-order valence-corrected chi connectivity index (χ3v) is 5.74. The molecule has 1 aliphatic rings. The topological polar surface area (TPSA) is 78.8 Å². The van der Waals surface area contributed by atoms with Crippen LogP contribution < -0.4 is 15.9 Å². The fourth-order valence-corrected chi connectivity index (χ4v) is 4.05. The molecule has 30 heavy (non-hydrogen) atoms. The van der Waals surface area contributed by atoms with E-state index >= 15 is 0 Å². The van der Waals surface area contributed by atoms with Crippen molar-refractivity contribution in [1.29, 1.82) is 0 Å². The summed E-state index contributed by atoms with van der Waals surface area (Å²) < 4.78 is 1.66. The molecule has 2 N–H and O–H groups in total. The predicted molar refractivity (Wildman–Crippen MR) is 119 cm³/mol. The van der Waals surface area contributed by atoms with Crippen LogP contribution in [-0.4, -0.2) is 45.7 Å². The summed E-state index contributed by atoms with van der Waals surface area (Å²) in [5.41, 5.74) is 4.86. The number of benzene rings is 2. The Hall–Kier alpha value is -3.45. The first kappa shape index (κ1) is 18.6. The average molecular weight is 400 g/mol. The van der Waals surface area contributed by atoms with E-state index in [1.165, 1.54) is 5.69 Å². The van der Waals surface area contributed by atoms with E-state index in [0.29, 0.717) is 11.3 Å². The molecule has 0 bridgehead atoms. The second-order valence-electron chi connectivity index (χ2n) is 7.60. The van der Waals surface area contributed by atoms with Crippen LogP contribution in [0.25, 0.3) is 22.6 Å². The van der Waals surface area contributed by atoms with Gasteiger partial charge in [-0.25, -0.2) is 14.8 Å². The molecule has 2 aromatic carbocycles. The van der Waals surface area contributed by atoms with Crippen molar-refractivity contribution in [2.45, 2.75) is 13.0 Å². The van der Waals surface area contributed by atoms with Crippen molar-refractivity contribution in [2.24, 2.45) is 0 Å². The molecule has 0 saturated carbocycles. The molecule has 152 valence electrons. The number of hydrogen-bond donors (Lipinski definition) is 2. The highest BCUT2D eigenvalue weighted by molar-refractivity contribution is 5.72. The number of nitrogens with one attached hydrogen (secondary N) is 2. The third kappa shape index (κ3) is 3.37. The van der Waals surface area contributed by atoms with Gasteiger partial charge in [0.25, 0.3) is 0 Å². The molecule has 5 rings (SSSR count). The highest BCUT2D eigenvalue weighted by Crippen LogP contribution is 2.24. The lowest BCUT2D eigenvalue weighted by molar-refractivity contribution is 0.589. The van der Waals surface area contributed by atoms with E-state index in [1.807, 2.05) is 37.3 Å². The monoisotopic (exact) mass is 400 g/mol. The maximum Gasteiger partial charge on any atom is 0.329 e. The van der Waals surface area contributed by atoms with Crippen molar-refractivity contribution in [2.75, 3.05) is 31.1 Å². The van der Waals surface area contributed by atoms with E-state index in [2.05, 4.69) is 49.4 Å². The maximum atomic E-state index is 12.6. The molecule has 0 spiro atoms. The smallest absolute Gasteiger partial charge is 0.329 e. The summed E-state index contributed by atoms with van der Waals surface area (Å²) in [4.78, 5) is 27.2. The van der Waals surface area contributed by atoms with Gasteiger partial charge < -0.3 is 10.2 Å². The third-order valence-electron chi connectivity index (χ3n) is 5.74. The fraction of sp³-hybridized carbons (Fsp3) is 0.261. The van der Waals surface area contributed by atoms with Gasteiger partial charge in [-0.3, -0.25) is 9.55 Å². The van der Waals surface area contributed by atoms with Crippen molar-refractivity contribution < 1.29 is 0 Å². The van der Waals surface area contributed by atoms with E-state index < -0.39 is 0 Å². The van der Waals surface area contributed by atoms with Crippen LogP contribution in [0, 0.1) is 0 Å². The Morgan fingerprint density at radius 2 is 1.73 bits per heavy atom. The number of aromatic nitrogens is 4. The number of hydrogen-bond acceptors (Lipinski definition) is 5. The van der Waals surface area contributed by atoms with E-state index in [-0.39, 0.29) is 11.7 Å². The van der Waals surface area contributed by atoms with E-state index in [9.17, 15) is 4.79 Å². The molecule has 0 aliphatic carbocycles. The van der Waals surface area contributed by atoms with E-state index in [4.69, 9.17) is 0 Å². The summed E-state index contributed by atoms with van der Waals surface area (Å²) in [5, 5.41) is 3.37. The van der Waals surface area contributed by atoms with Crippen LogP contribution in [0.5, 0.6) is 0 Å². The number of fused-ring (bicyclic) bond motifs is 1. The lowest BCUT2D eigenvalue weighted by Crippen LogP contribution is -2.43. The fourth-order valence-electron chi connectivity index (χ4n) is 4.05. The second kappa shape index (κ2) is 7.76. The van der Waals surface area contributed by atoms with Crippen molar-refractivity contribution >= 4 is 17.0 Å². The summed E-state index contributed by atoms with van der Waals surface area (Å²) in [5.74, 6) is 0. The molecule has 7 nitrogen and oxygen atoms in total. The molecule has 4 aromatic rings. The summed E-state index contributed by atoms with van der Waals surface area (Å²) in [6, 6.07) is 18.2. The number of piperazine rings is 1. The van der Waals surface area contributed by atoms with Crippen LogP contribution in [0.4, 0.5) is 5.69 Å². The van der Waals surface area contributed by atoms with Gasteiger partial charge in [0.1, 0.15) is 0 Å². The van der Waals surface area contributed by atoms with Crippen LogP contribution in [0.3, 0.4) is 0 Å². The number of imidazole rings is 1. The van der Waals surface area contributed by atoms with Crippen molar-refractivity contribution in [3.8, 4) is 11.3 Å². The summed E-state index contributed by atoms with van der Waals surface area (Å²) in [7, 11) is 0. The maximum absolute atomic E-state index is 12.6. The highest BCUT2D eigenvalue weighted by atomic mass is 16.1. The molecule has 0 amide bonds. The van der Waals surface area contributed by atoms with Gasteiger partial charge in [-0.2, -0.15) is 0 Å². The molecule has 1 aliphatic heterocycles. The lowest BCUT2D eigenvalue weighted by Gasteiger charge is -2.29. The van der Waals surface area contributed by atoms with Crippen molar-refractivity contribution in [3.05, 3.63) is 76.8 Å². The first-order valence-corrected chi connectivity index (χ1v) is 10.3. The highest BCUT2D eigenvalue weighted by Gasteiger charge is 2.17. The molecule has 1 fully saturated rings. The summed E-state index contributed by atoms with van der Waals surface area (Å²) in [6.07, 6.45) is 1.74. The number of anilines is 1. The average Bonchev–Trinajstić information content (AvgIpc) is 3.14. The van der Waals surface area contributed by atoms with Crippen LogP contribution in [-0.2, 0) is 0 Å². The first-order valence-electron chi connectivity index (χ1n) is 10.3. The normalized spacial score (nSPS) is 15.4. The summed E-state index contributed by atoms with van der Waals surface area (Å²) >= 11 is 0. The number of H-pyrrole nitrogens is 1. The molecule has 1 saturated heterocycles. The number of nitrogens with zero attached hydrogens (tertiary/aromatic N) is 4. The standard InChI is InChI=1S/C23H24N6O/c1-16(17-5-3-2-4-6-17)29-22-21(27-23(29)30)26-20(15-25-22)18-7-9-19(10-8-18)28-13-11-24-12-14-28/h2-10,15-16,24H,11-14H2,1H3,(H,26,27,30)/t16-/m0/s1. The predicted octanol–water partition coefficient (Wildman–Crippen LogP) is 2.81. The minimum absolute atomic E-state index is 0.133. The molecular formula is C23H24N6O.